The van der Waals surface area contributed by atoms with Crippen LogP contribution < -0.4 is 0 Å². The lowest BCUT2D eigenvalue weighted by Crippen LogP contribution is -2.54. The molecule has 1 N–H and O–H groups in total. The van der Waals surface area contributed by atoms with Gasteiger partial charge in [0.15, 0.2) is 5.78 Å². The number of aliphatic carboxylic acids is 1. The molecule has 0 aliphatic heterocycles. The van der Waals surface area contributed by atoms with E-state index >= 15 is 0 Å². The summed E-state index contributed by atoms with van der Waals surface area (Å²) in [6, 6.07) is 0. The highest BCUT2D eigenvalue weighted by atomic mass is 16.5. The maximum Gasteiger partial charge on any atom is 0.310 e. The van der Waals surface area contributed by atoms with Crippen LogP contribution in [0.3, 0.4) is 0 Å². The van der Waals surface area contributed by atoms with Crippen LogP contribution in [0, 0.1) is 46.3 Å². The standard InChI is InChI=1S/C31H44O6/c1-16(18(3)29(35)36)8-9-17(2)21-10-11-22-27-26(37-20(5)32)14-23-19(4)24(33)12-13-30(23,6)28(27)25(34)15-31(21,22)7/h17-19,21-23,26H,1,8-15H2,2-7H3,(H,35,36)/t17-,18+,19+,21-,22+,23+,26-,30+,31-/m1/s1. The van der Waals surface area contributed by atoms with Crippen LogP contribution in [-0.4, -0.2) is 34.7 Å². The summed E-state index contributed by atoms with van der Waals surface area (Å²) in [6.45, 7) is 15.7. The van der Waals surface area contributed by atoms with Crippen LogP contribution >= 0.6 is 0 Å². The molecule has 9 atom stereocenters. The lowest BCUT2D eigenvalue weighted by atomic mass is 9.48. The van der Waals surface area contributed by atoms with Crippen LogP contribution in [0.2, 0.25) is 0 Å². The fourth-order valence-corrected chi connectivity index (χ4v) is 8.79. The Balaban J connectivity index is 1.67. The first-order valence-electron chi connectivity index (χ1n) is 14.1. The summed E-state index contributed by atoms with van der Waals surface area (Å²) < 4.78 is 5.94. The fraction of sp³-hybridized carbons (Fsp3) is 0.742. The van der Waals surface area contributed by atoms with Gasteiger partial charge in [0.25, 0.3) is 0 Å². The number of ether oxygens (including phenoxy) is 1. The van der Waals surface area contributed by atoms with Gasteiger partial charge < -0.3 is 9.84 Å². The smallest absolute Gasteiger partial charge is 0.310 e. The molecule has 0 amide bonds. The summed E-state index contributed by atoms with van der Waals surface area (Å²) in [5.41, 5.74) is 2.08. The van der Waals surface area contributed by atoms with Crippen molar-refractivity contribution in [1.82, 2.24) is 0 Å². The minimum atomic E-state index is -0.845. The third kappa shape index (κ3) is 4.52. The molecule has 4 aliphatic carbocycles. The molecule has 0 unspecified atom stereocenters. The van der Waals surface area contributed by atoms with E-state index in [9.17, 15) is 24.3 Å². The van der Waals surface area contributed by atoms with E-state index in [1.807, 2.05) is 6.92 Å². The molecule has 0 aromatic rings. The van der Waals surface area contributed by atoms with Gasteiger partial charge in [-0.05, 0) is 80.1 Å². The Morgan fingerprint density at radius 2 is 1.86 bits per heavy atom. The van der Waals surface area contributed by atoms with Crippen LogP contribution in [0.1, 0.15) is 92.9 Å². The number of ketones is 2. The third-order valence-corrected chi connectivity index (χ3v) is 11.0. The molecule has 0 saturated heterocycles. The molecule has 0 spiro atoms. The van der Waals surface area contributed by atoms with E-state index in [-0.39, 0.29) is 46.1 Å². The molecule has 0 aromatic heterocycles. The molecular weight excluding hydrogens is 468 g/mol. The Hall–Kier alpha value is -2.24. The number of esters is 1. The highest BCUT2D eigenvalue weighted by Crippen LogP contribution is 2.65. The summed E-state index contributed by atoms with van der Waals surface area (Å²) in [7, 11) is 0. The van der Waals surface area contributed by atoms with Gasteiger partial charge in [-0.3, -0.25) is 19.2 Å². The first kappa shape index (κ1) is 27.8. The molecule has 0 bridgehead atoms. The van der Waals surface area contributed by atoms with Gasteiger partial charge in [0, 0.05) is 36.7 Å². The highest BCUT2D eigenvalue weighted by Gasteiger charge is 2.62. The van der Waals surface area contributed by atoms with Crippen LogP contribution in [0.4, 0.5) is 0 Å². The fourth-order valence-electron chi connectivity index (χ4n) is 8.79. The molecule has 2 fully saturated rings. The van der Waals surface area contributed by atoms with Gasteiger partial charge in [0.05, 0.1) is 5.92 Å². The normalized spacial score (nSPS) is 38.8. The second-order valence-electron chi connectivity index (χ2n) is 13.0. The van der Waals surface area contributed by atoms with E-state index in [0.29, 0.717) is 43.9 Å². The molecule has 0 aromatic carbocycles. The van der Waals surface area contributed by atoms with Gasteiger partial charge in [0.1, 0.15) is 11.9 Å². The first-order valence-corrected chi connectivity index (χ1v) is 14.1. The van der Waals surface area contributed by atoms with Gasteiger partial charge >= 0.3 is 11.9 Å². The number of carbonyl (C=O) groups is 4. The minimum Gasteiger partial charge on any atom is -0.481 e. The SMILES string of the molecule is C=C(CC[C@@H](C)[C@H]1CC[C@H]2C3=C(C(=O)C[C@]12C)[C@@]1(C)CCC(=O)[C@@H](C)[C@@H]1C[C@H]3OC(C)=O)[C@H](C)C(=O)O. The van der Waals surface area contributed by atoms with Gasteiger partial charge in [0.2, 0.25) is 0 Å². The monoisotopic (exact) mass is 512 g/mol. The maximum absolute atomic E-state index is 14.1. The Kier molecular flexibility index (Phi) is 7.37. The lowest BCUT2D eigenvalue weighted by molar-refractivity contribution is -0.150. The molecule has 4 rings (SSSR count). The molecule has 4 aliphatic rings. The summed E-state index contributed by atoms with van der Waals surface area (Å²) in [5.74, 6) is -0.679. The van der Waals surface area contributed by atoms with Crippen LogP contribution in [0.25, 0.3) is 0 Å². The quantitative estimate of drug-likeness (QED) is 0.335. The Morgan fingerprint density at radius 1 is 1.19 bits per heavy atom. The van der Waals surface area contributed by atoms with Crippen molar-refractivity contribution in [3.63, 3.8) is 0 Å². The van der Waals surface area contributed by atoms with E-state index < -0.39 is 18.0 Å². The van der Waals surface area contributed by atoms with Gasteiger partial charge in [-0.15, -0.1) is 0 Å². The van der Waals surface area contributed by atoms with Crippen LogP contribution in [0.5, 0.6) is 0 Å². The molecule has 204 valence electrons. The summed E-state index contributed by atoms with van der Waals surface area (Å²) >= 11 is 0. The zero-order chi connectivity index (χ0) is 27.4. The third-order valence-electron chi connectivity index (χ3n) is 11.0. The van der Waals surface area contributed by atoms with Crippen molar-refractivity contribution in [3.05, 3.63) is 23.3 Å². The van der Waals surface area contributed by atoms with Gasteiger partial charge in [-0.25, -0.2) is 0 Å². The van der Waals surface area contributed by atoms with Crippen molar-refractivity contribution in [2.24, 2.45) is 46.3 Å². The van der Waals surface area contributed by atoms with E-state index in [2.05, 4.69) is 27.4 Å². The largest absolute Gasteiger partial charge is 0.481 e. The number of allylic oxidation sites excluding steroid dienone is 1. The predicted molar refractivity (Wildman–Crippen MR) is 140 cm³/mol. The molecule has 6 heteroatoms. The Bertz CT molecular complexity index is 1050. The second kappa shape index (κ2) is 9.81. The topological polar surface area (TPSA) is 97.7 Å². The molecule has 37 heavy (non-hydrogen) atoms. The van der Waals surface area contributed by atoms with Crippen molar-refractivity contribution >= 4 is 23.5 Å². The van der Waals surface area contributed by atoms with E-state index in [1.165, 1.54) is 6.92 Å². The average Bonchev–Trinajstić information content (AvgIpc) is 3.16. The predicted octanol–water partition coefficient (Wildman–Crippen LogP) is 5.94. The second-order valence-corrected chi connectivity index (χ2v) is 13.0. The van der Waals surface area contributed by atoms with Gasteiger partial charge in [-0.2, -0.15) is 0 Å². The number of carboxylic acid groups (broad SMARTS) is 1. The number of rotatable bonds is 7. The zero-order valence-corrected chi connectivity index (χ0v) is 23.4. The van der Waals surface area contributed by atoms with Crippen molar-refractivity contribution in [2.45, 2.75) is 99.0 Å². The van der Waals surface area contributed by atoms with Crippen molar-refractivity contribution in [2.75, 3.05) is 0 Å². The number of carboxylic acids is 1. The molecule has 6 nitrogen and oxygen atoms in total. The van der Waals surface area contributed by atoms with Crippen molar-refractivity contribution < 1.29 is 29.0 Å². The molecular formula is C31H44O6. The number of carbonyl (C=O) groups excluding carboxylic acids is 3. The van der Waals surface area contributed by atoms with Crippen LogP contribution in [-0.2, 0) is 23.9 Å². The summed E-state index contributed by atoms with van der Waals surface area (Å²) in [6.07, 6.45) is 5.28. The summed E-state index contributed by atoms with van der Waals surface area (Å²) in [4.78, 5) is 50.3. The number of hydrogen-bond acceptors (Lipinski definition) is 5. The molecule has 0 heterocycles. The van der Waals surface area contributed by atoms with Crippen LogP contribution in [0.15, 0.2) is 23.3 Å². The Morgan fingerprint density at radius 3 is 2.49 bits per heavy atom. The number of fused-ring (bicyclic) bond motifs is 4. The maximum atomic E-state index is 14.1. The van der Waals surface area contributed by atoms with Crippen molar-refractivity contribution in [1.29, 1.82) is 0 Å². The van der Waals surface area contributed by atoms with Crippen molar-refractivity contribution in [3.8, 4) is 0 Å². The van der Waals surface area contributed by atoms with E-state index in [1.54, 1.807) is 6.92 Å². The molecule has 0 radical (unpaired) electrons. The highest BCUT2D eigenvalue weighted by molar-refractivity contribution is 6.00. The summed E-state index contributed by atoms with van der Waals surface area (Å²) in [5, 5.41) is 9.33. The molecule has 2 saturated carbocycles. The Labute approximate surface area is 221 Å². The van der Waals surface area contributed by atoms with E-state index in [0.717, 1.165) is 36.0 Å². The number of Topliss-reactive ketones (excluding diaryl/α,β-unsaturated/α-hetero) is 2. The number of hydrogen-bond donors (Lipinski definition) is 1. The van der Waals surface area contributed by atoms with E-state index in [4.69, 9.17) is 4.74 Å². The zero-order valence-electron chi connectivity index (χ0n) is 23.4. The van der Waals surface area contributed by atoms with Gasteiger partial charge in [-0.1, -0.05) is 39.8 Å². The minimum absolute atomic E-state index is 0.00326. The lowest BCUT2D eigenvalue weighted by Gasteiger charge is -2.56. The first-order chi connectivity index (χ1) is 17.2. The average molecular weight is 513 g/mol.